The zero-order chi connectivity index (χ0) is 13.1. The monoisotopic (exact) mass is 259 g/mol. The molecule has 0 radical (unpaired) electrons. The average Bonchev–Trinajstić information content (AvgIpc) is 2.18. The summed E-state index contributed by atoms with van der Waals surface area (Å²) in [5.74, 6) is -0.630. The SMILES string of the molecule is CC(C)=CCOc1ccc(F)cc1S(N)(=O)=O. The molecule has 0 atom stereocenters. The highest BCUT2D eigenvalue weighted by Gasteiger charge is 2.15. The molecule has 0 aromatic heterocycles. The lowest BCUT2D eigenvalue weighted by molar-refractivity contribution is 0.351. The van der Waals surface area contributed by atoms with Gasteiger partial charge < -0.3 is 4.74 Å². The van der Waals surface area contributed by atoms with Crippen molar-refractivity contribution in [3.8, 4) is 5.75 Å². The number of hydrogen-bond donors (Lipinski definition) is 1. The number of sulfonamides is 1. The third kappa shape index (κ3) is 4.16. The quantitative estimate of drug-likeness (QED) is 0.838. The van der Waals surface area contributed by atoms with Crippen LogP contribution in [0.15, 0.2) is 34.7 Å². The van der Waals surface area contributed by atoms with Gasteiger partial charge in [-0.3, -0.25) is 0 Å². The van der Waals surface area contributed by atoms with Gasteiger partial charge in [-0.15, -0.1) is 0 Å². The summed E-state index contributed by atoms with van der Waals surface area (Å²) in [6.07, 6.45) is 1.77. The maximum Gasteiger partial charge on any atom is 0.241 e. The van der Waals surface area contributed by atoms with Gasteiger partial charge in [0.25, 0.3) is 0 Å². The number of halogens is 1. The summed E-state index contributed by atoms with van der Waals surface area (Å²) in [6.45, 7) is 3.97. The summed E-state index contributed by atoms with van der Waals surface area (Å²) in [5, 5.41) is 4.97. The first kappa shape index (κ1) is 13.7. The minimum atomic E-state index is -3.99. The molecule has 0 saturated carbocycles. The van der Waals surface area contributed by atoms with Crippen LogP contribution in [0.1, 0.15) is 13.8 Å². The van der Waals surface area contributed by atoms with Gasteiger partial charge in [0.05, 0.1) is 0 Å². The zero-order valence-electron chi connectivity index (χ0n) is 9.60. The molecule has 0 aliphatic carbocycles. The van der Waals surface area contributed by atoms with Crippen molar-refractivity contribution in [2.45, 2.75) is 18.7 Å². The van der Waals surface area contributed by atoms with Gasteiger partial charge in [-0.1, -0.05) is 5.57 Å². The van der Waals surface area contributed by atoms with Gasteiger partial charge in [-0.2, -0.15) is 0 Å². The number of nitrogens with two attached hydrogens (primary N) is 1. The van der Waals surface area contributed by atoms with Crippen molar-refractivity contribution in [2.75, 3.05) is 6.61 Å². The molecule has 94 valence electrons. The summed E-state index contributed by atoms with van der Waals surface area (Å²) in [7, 11) is -3.99. The maximum absolute atomic E-state index is 12.9. The zero-order valence-corrected chi connectivity index (χ0v) is 10.4. The molecule has 2 N–H and O–H groups in total. The summed E-state index contributed by atoms with van der Waals surface area (Å²) in [5.41, 5.74) is 1.03. The first-order valence-electron chi connectivity index (χ1n) is 4.89. The predicted molar refractivity (Wildman–Crippen MR) is 62.7 cm³/mol. The van der Waals surface area contributed by atoms with Crippen molar-refractivity contribution in [3.05, 3.63) is 35.7 Å². The largest absolute Gasteiger partial charge is 0.488 e. The number of hydrogen-bond acceptors (Lipinski definition) is 3. The molecule has 1 rings (SSSR count). The molecular weight excluding hydrogens is 245 g/mol. The van der Waals surface area contributed by atoms with Gasteiger partial charge in [0, 0.05) is 0 Å². The average molecular weight is 259 g/mol. The molecule has 17 heavy (non-hydrogen) atoms. The van der Waals surface area contributed by atoms with E-state index in [2.05, 4.69) is 0 Å². The van der Waals surface area contributed by atoms with Gasteiger partial charge in [0.15, 0.2) is 0 Å². The Morgan fingerprint density at radius 3 is 2.65 bits per heavy atom. The van der Waals surface area contributed by atoms with Crippen LogP contribution < -0.4 is 9.88 Å². The molecule has 0 fully saturated rings. The van der Waals surface area contributed by atoms with Crippen LogP contribution in [-0.2, 0) is 10.0 Å². The maximum atomic E-state index is 12.9. The summed E-state index contributed by atoms with van der Waals surface area (Å²) in [6, 6.07) is 3.20. The van der Waals surface area contributed by atoms with Crippen molar-refractivity contribution >= 4 is 10.0 Å². The number of allylic oxidation sites excluding steroid dienone is 1. The molecular formula is C11H14FNO3S. The highest BCUT2D eigenvalue weighted by Crippen LogP contribution is 2.23. The number of ether oxygens (including phenoxy) is 1. The minimum Gasteiger partial charge on any atom is -0.488 e. The van der Waals surface area contributed by atoms with E-state index in [0.717, 1.165) is 17.7 Å². The highest BCUT2D eigenvalue weighted by atomic mass is 32.2. The molecule has 0 aliphatic heterocycles. The highest BCUT2D eigenvalue weighted by molar-refractivity contribution is 7.89. The van der Waals surface area contributed by atoms with Crippen molar-refractivity contribution in [1.82, 2.24) is 0 Å². The topological polar surface area (TPSA) is 69.4 Å². The van der Waals surface area contributed by atoms with Gasteiger partial charge >= 0.3 is 0 Å². The third-order valence-electron chi connectivity index (χ3n) is 1.94. The summed E-state index contributed by atoms with van der Waals surface area (Å²) >= 11 is 0. The van der Waals surface area contributed by atoms with Crippen LogP contribution in [0.5, 0.6) is 5.75 Å². The van der Waals surface area contributed by atoms with E-state index in [0.29, 0.717) is 0 Å². The Kier molecular flexibility index (Phi) is 4.25. The van der Waals surface area contributed by atoms with E-state index in [-0.39, 0.29) is 17.3 Å². The fourth-order valence-electron chi connectivity index (χ4n) is 1.12. The number of benzene rings is 1. The molecule has 0 amide bonds. The normalized spacial score (nSPS) is 11.1. The number of primary sulfonamides is 1. The summed E-state index contributed by atoms with van der Waals surface area (Å²) < 4.78 is 40.6. The third-order valence-corrected chi connectivity index (χ3v) is 2.87. The minimum absolute atomic E-state index is 0.0476. The van der Waals surface area contributed by atoms with E-state index in [1.54, 1.807) is 6.08 Å². The van der Waals surface area contributed by atoms with Gasteiger partial charge in [-0.05, 0) is 38.1 Å². The molecule has 1 aromatic rings. The van der Waals surface area contributed by atoms with E-state index in [1.807, 2.05) is 13.8 Å². The molecule has 0 unspecified atom stereocenters. The van der Waals surface area contributed by atoms with Crippen LogP contribution in [-0.4, -0.2) is 15.0 Å². The predicted octanol–water partition coefficient (Wildman–Crippen LogP) is 1.82. The van der Waals surface area contributed by atoms with Crippen LogP contribution in [0.3, 0.4) is 0 Å². The second-order valence-electron chi connectivity index (χ2n) is 3.73. The first-order valence-corrected chi connectivity index (χ1v) is 6.44. The van der Waals surface area contributed by atoms with Gasteiger partial charge in [0.2, 0.25) is 10.0 Å². The first-order chi connectivity index (χ1) is 7.80. The van der Waals surface area contributed by atoms with Crippen LogP contribution >= 0.6 is 0 Å². The molecule has 0 spiro atoms. The Bertz CT molecular complexity index is 534. The van der Waals surface area contributed by atoms with Crippen LogP contribution in [0.4, 0.5) is 4.39 Å². The van der Waals surface area contributed by atoms with E-state index >= 15 is 0 Å². The Morgan fingerprint density at radius 1 is 1.47 bits per heavy atom. The van der Waals surface area contributed by atoms with Crippen LogP contribution in [0.2, 0.25) is 0 Å². The van der Waals surface area contributed by atoms with Crippen molar-refractivity contribution in [1.29, 1.82) is 0 Å². The number of rotatable bonds is 4. The van der Waals surface area contributed by atoms with Crippen molar-refractivity contribution in [2.24, 2.45) is 5.14 Å². The molecule has 1 aromatic carbocycles. The molecule has 0 aliphatic rings. The lowest BCUT2D eigenvalue weighted by atomic mass is 10.3. The fourth-order valence-corrected chi connectivity index (χ4v) is 1.81. The molecule has 0 saturated heterocycles. The second kappa shape index (κ2) is 5.29. The molecule has 0 bridgehead atoms. The lowest BCUT2D eigenvalue weighted by Crippen LogP contribution is -2.14. The van der Waals surface area contributed by atoms with Gasteiger partial charge in [-0.25, -0.2) is 17.9 Å². The van der Waals surface area contributed by atoms with Crippen molar-refractivity contribution in [3.63, 3.8) is 0 Å². The smallest absolute Gasteiger partial charge is 0.241 e. The van der Waals surface area contributed by atoms with E-state index < -0.39 is 15.8 Å². The van der Waals surface area contributed by atoms with E-state index in [1.165, 1.54) is 6.07 Å². The summed E-state index contributed by atoms with van der Waals surface area (Å²) in [4.78, 5) is -0.348. The van der Waals surface area contributed by atoms with Gasteiger partial charge in [0.1, 0.15) is 23.1 Å². The second-order valence-corrected chi connectivity index (χ2v) is 5.26. The van der Waals surface area contributed by atoms with Crippen LogP contribution in [0, 0.1) is 5.82 Å². The van der Waals surface area contributed by atoms with E-state index in [4.69, 9.17) is 9.88 Å². The Morgan fingerprint density at radius 2 is 2.12 bits per heavy atom. The Balaban J connectivity index is 3.04. The lowest BCUT2D eigenvalue weighted by Gasteiger charge is -2.08. The Labute approximate surface area is 99.9 Å². The standard InChI is InChI=1S/C11H14FNO3S/c1-8(2)5-6-16-10-4-3-9(12)7-11(10)17(13,14)15/h3-5,7H,6H2,1-2H3,(H2,13,14,15). The molecule has 6 heteroatoms. The van der Waals surface area contributed by atoms with E-state index in [9.17, 15) is 12.8 Å². The van der Waals surface area contributed by atoms with Crippen LogP contribution in [0.25, 0.3) is 0 Å². The van der Waals surface area contributed by atoms with Crippen molar-refractivity contribution < 1.29 is 17.5 Å². The molecule has 0 heterocycles. The fraction of sp³-hybridized carbons (Fsp3) is 0.273. The Hall–Kier alpha value is -1.40. The molecule has 4 nitrogen and oxygen atoms in total.